The van der Waals surface area contributed by atoms with Crippen LogP contribution in [0.4, 0.5) is 5.82 Å². The second-order valence-corrected chi connectivity index (χ2v) is 8.35. The second kappa shape index (κ2) is 7.29. The second-order valence-electron chi connectivity index (χ2n) is 6.64. The van der Waals surface area contributed by atoms with Crippen molar-refractivity contribution in [3.8, 4) is 10.6 Å². The van der Waals surface area contributed by atoms with E-state index in [4.69, 9.17) is 11.6 Å². The minimum atomic E-state index is -0.250. The number of aldehydes is 1. The van der Waals surface area contributed by atoms with Gasteiger partial charge in [-0.1, -0.05) is 36.2 Å². The van der Waals surface area contributed by atoms with Crippen molar-refractivity contribution in [2.75, 3.05) is 11.9 Å². The van der Waals surface area contributed by atoms with Gasteiger partial charge in [0.15, 0.2) is 12.1 Å². The molecular formula is C20H18ClN3O2S. The summed E-state index contributed by atoms with van der Waals surface area (Å²) in [7, 11) is 1.70. The minimum Gasteiger partial charge on any atom is -0.298 e. The lowest BCUT2D eigenvalue weighted by Crippen LogP contribution is -2.29. The molecule has 0 aliphatic heterocycles. The molecule has 1 saturated carbocycles. The van der Waals surface area contributed by atoms with E-state index in [1.807, 2.05) is 12.1 Å². The molecule has 2 heterocycles. The Hall–Kier alpha value is -2.44. The van der Waals surface area contributed by atoms with Gasteiger partial charge in [0.25, 0.3) is 5.91 Å². The van der Waals surface area contributed by atoms with Gasteiger partial charge in [-0.2, -0.15) is 5.10 Å². The number of H-pyrrole nitrogens is 1. The van der Waals surface area contributed by atoms with Crippen LogP contribution in [0, 0.1) is 0 Å². The van der Waals surface area contributed by atoms with Crippen LogP contribution in [0.2, 0.25) is 4.34 Å². The van der Waals surface area contributed by atoms with Gasteiger partial charge in [-0.05, 0) is 37.0 Å². The summed E-state index contributed by atoms with van der Waals surface area (Å²) in [5.41, 5.74) is 2.73. The van der Waals surface area contributed by atoms with Crippen molar-refractivity contribution in [3.63, 3.8) is 0 Å². The fourth-order valence-electron chi connectivity index (χ4n) is 3.39. The lowest BCUT2D eigenvalue weighted by atomic mass is 9.79. The van der Waals surface area contributed by atoms with Crippen LogP contribution in [0.25, 0.3) is 10.6 Å². The maximum atomic E-state index is 13.1. The van der Waals surface area contributed by atoms with E-state index < -0.39 is 0 Å². The predicted molar refractivity (Wildman–Crippen MR) is 108 cm³/mol. The van der Waals surface area contributed by atoms with Crippen LogP contribution in [0.5, 0.6) is 0 Å². The van der Waals surface area contributed by atoms with Crippen LogP contribution in [0.3, 0.4) is 0 Å². The van der Waals surface area contributed by atoms with E-state index in [0.717, 1.165) is 29.0 Å². The first-order valence-corrected chi connectivity index (χ1v) is 9.96. The third-order valence-corrected chi connectivity index (χ3v) is 6.31. The molecule has 138 valence electrons. The Balaban J connectivity index is 1.76. The third kappa shape index (κ3) is 3.19. The molecule has 2 aromatic heterocycles. The number of hydrogen-bond acceptors (Lipinski definition) is 4. The third-order valence-electron chi connectivity index (χ3n) is 5.06. The summed E-state index contributed by atoms with van der Waals surface area (Å²) in [6.45, 7) is 0. The lowest BCUT2D eigenvalue weighted by Gasteiger charge is -2.28. The largest absolute Gasteiger partial charge is 0.298 e. The Bertz CT molecular complexity index is 1010. The normalized spacial score (nSPS) is 14.0. The van der Waals surface area contributed by atoms with Gasteiger partial charge in [-0.3, -0.25) is 19.6 Å². The molecule has 3 aromatic rings. The van der Waals surface area contributed by atoms with Crippen molar-refractivity contribution >= 4 is 40.9 Å². The summed E-state index contributed by atoms with van der Waals surface area (Å²) in [5.74, 6) is 0.733. The molecule has 1 aromatic carbocycles. The van der Waals surface area contributed by atoms with Gasteiger partial charge in [0.05, 0.1) is 20.5 Å². The lowest BCUT2D eigenvalue weighted by molar-refractivity contribution is 0.0985. The van der Waals surface area contributed by atoms with E-state index in [9.17, 15) is 9.59 Å². The summed E-state index contributed by atoms with van der Waals surface area (Å²) in [5, 5.41) is 7.57. The zero-order chi connectivity index (χ0) is 19.0. The highest BCUT2D eigenvalue weighted by molar-refractivity contribution is 7.19. The van der Waals surface area contributed by atoms with Gasteiger partial charge >= 0.3 is 0 Å². The van der Waals surface area contributed by atoms with E-state index >= 15 is 0 Å². The van der Waals surface area contributed by atoms with Gasteiger partial charge in [0.2, 0.25) is 0 Å². The SMILES string of the molecule is CN(C(=O)c1ccccc1C=O)c1n[nH]c(-c2ccc(Cl)s2)c1C1CCC1. The molecule has 4 rings (SSSR count). The quantitative estimate of drug-likeness (QED) is 0.603. The number of aromatic nitrogens is 2. The van der Waals surface area contributed by atoms with Gasteiger partial charge in [-0.15, -0.1) is 11.3 Å². The van der Waals surface area contributed by atoms with Crippen LogP contribution in [0.1, 0.15) is 51.5 Å². The topological polar surface area (TPSA) is 66.1 Å². The van der Waals surface area contributed by atoms with Crippen molar-refractivity contribution in [3.05, 3.63) is 57.4 Å². The predicted octanol–water partition coefficient (Wildman–Crippen LogP) is 5.15. The van der Waals surface area contributed by atoms with Gasteiger partial charge in [-0.25, -0.2) is 0 Å². The molecule has 0 atom stereocenters. The van der Waals surface area contributed by atoms with Gasteiger partial charge in [0.1, 0.15) is 0 Å². The number of nitrogens with zero attached hydrogens (tertiary/aromatic N) is 2. The van der Waals surface area contributed by atoms with Gasteiger partial charge < -0.3 is 0 Å². The van der Waals surface area contributed by atoms with E-state index in [-0.39, 0.29) is 5.91 Å². The van der Waals surface area contributed by atoms with E-state index in [0.29, 0.717) is 33.5 Å². The van der Waals surface area contributed by atoms with Crippen LogP contribution >= 0.6 is 22.9 Å². The highest BCUT2D eigenvalue weighted by Gasteiger charge is 2.32. The number of hydrogen-bond donors (Lipinski definition) is 1. The van der Waals surface area contributed by atoms with E-state index in [1.54, 1.807) is 31.3 Å². The molecule has 1 amide bonds. The molecule has 7 heteroatoms. The number of carbonyl (C=O) groups is 2. The van der Waals surface area contributed by atoms with E-state index in [1.165, 1.54) is 22.7 Å². The highest BCUT2D eigenvalue weighted by Crippen LogP contribution is 2.46. The zero-order valence-electron chi connectivity index (χ0n) is 14.7. The minimum absolute atomic E-state index is 0.250. The smallest absolute Gasteiger partial charge is 0.259 e. The van der Waals surface area contributed by atoms with Crippen molar-refractivity contribution in [2.24, 2.45) is 0 Å². The number of thiophene rings is 1. The molecule has 1 aliphatic carbocycles. The molecule has 1 fully saturated rings. The molecule has 1 aliphatic rings. The maximum Gasteiger partial charge on any atom is 0.259 e. The van der Waals surface area contributed by atoms with Crippen molar-refractivity contribution < 1.29 is 9.59 Å². The number of amides is 1. The first-order valence-electron chi connectivity index (χ1n) is 8.76. The standard InChI is InChI=1S/C20H18ClN3O2S/c1-24(20(26)14-8-3-2-5-13(14)11-25)19-17(12-6-4-7-12)18(22-23-19)15-9-10-16(21)27-15/h2-3,5,8-12H,4,6-7H2,1H3,(H,22,23). The average molecular weight is 400 g/mol. The molecule has 0 unspecified atom stereocenters. The summed E-state index contributed by atoms with van der Waals surface area (Å²) < 4.78 is 0.713. The zero-order valence-corrected chi connectivity index (χ0v) is 16.3. The monoisotopic (exact) mass is 399 g/mol. The summed E-state index contributed by atoms with van der Waals surface area (Å²) in [4.78, 5) is 26.9. The molecule has 1 N–H and O–H groups in total. The van der Waals surface area contributed by atoms with Crippen LogP contribution in [-0.2, 0) is 0 Å². The molecule has 0 radical (unpaired) electrons. The number of halogens is 1. The Kier molecular flexibility index (Phi) is 4.85. The number of carbonyl (C=O) groups excluding carboxylic acids is 2. The Morgan fingerprint density at radius 3 is 2.70 bits per heavy atom. The summed E-state index contributed by atoms with van der Waals surface area (Å²) in [6.07, 6.45) is 4.03. The van der Waals surface area contributed by atoms with Crippen LogP contribution in [-0.4, -0.2) is 29.4 Å². The maximum absolute atomic E-state index is 13.1. The van der Waals surface area contributed by atoms with E-state index in [2.05, 4.69) is 10.2 Å². The number of anilines is 1. The number of nitrogens with one attached hydrogen (secondary N) is 1. The molecule has 0 bridgehead atoms. The Labute approximate surface area is 166 Å². The molecular weight excluding hydrogens is 382 g/mol. The van der Waals surface area contributed by atoms with Gasteiger partial charge in [0, 0.05) is 18.2 Å². The Morgan fingerprint density at radius 2 is 2.07 bits per heavy atom. The van der Waals surface area contributed by atoms with Crippen molar-refractivity contribution in [1.82, 2.24) is 10.2 Å². The summed E-state index contributed by atoms with van der Waals surface area (Å²) >= 11 is 7.60. The fraction of sp³-hybridized carbons (Fsp3) is 0.250. The average Bonchev–Trinajstić information content (AvgIpc) is 3.25. The number of benzene rings is 1. The number of rotatable bonds is 5. The molecule has 27 heavy (non-hydrogen) atoms. The van der Waals surface area contributed by atoms with Crippen LogP contribution in [0.15, 0.2) is 36.4 Å². The Morgan fingerprint density at radius 1 is 1.30 bits per heavy atom. The first kappa shape index (κ1) is 17.9. The number of aromatic amines is 1. The van der Waals surface area contributed by atoms with Crippen LogP contribution < -0.4 is 4.90 Å². The van der Waals surface area contributed by atoms with Crippen molar-refractivity contribution in [2.45, 2.75) is 25.2 Å². The fourth-order valence-corrected chi connectivity index (χ4v) is 4.44. The summed E-state index contributed by atoms with van der Waals surface area (Å²) in [6, 6.07) is 10.6. The van der Waals surface area contributed by atoms with Crippen molar-refractivity contribution in [1.29, 1.82) is 0 Å². The molecule has 0 spiro atoms. The first-order chi connectivity index (χ1) is 13.1. The highest BCUT2D eigenvalue weighted by atomic mass is 35.5. The molecule has 0 saturated heterocycles. The molecule has 5 nitrogen and oxygen atoms in total.